The second-order valence-corrected chi connectivity index (χ2v) is 10.1. The molecule has 9 nitrogen and oxygen atoms in total. The summed E-state index contributed by atoms with van der Waals surface area (Å²) in [5, 5.41) is 4.22. The number of hydrogen-bond donors (Lipinski definition) is 2. The van der Waals surface area contributed by atoms with Crippen molar-refractivity contribution in [3.05, 3.63) is 24.3 Å². The van der Waals surface area contributed by atoms with Crippen LogP contribution in [0.4, 0.5) is 5.69 Å². The van der Waals surface area contributed by atoms with E-state index in [4.69, 9.17) is 4.74 Å². The standard InChI is InChI=1S/C18H23N3O6S/c1-10(16(23)20-11-7-5-6-8-12(11)27-4)19-17(24)15-18(2,3)28(25,26)14-9-13(22)21(14)15/h5-8,10,14-15H,9H2,1-4H3,(H,19,24)(H,20,23). The number of nitrogens with one attached hydrogen (secondary N) is 2. The molecule has 1 aromatic rings. The molecule has 0 aromatic heterocycles. The quantitative estimate of drug-likeness (QED) is 0.674. The highest BCUT2D eigenvalue weighted by Crippen LogP contribution is 2.45. The number of β-lactam (4-membered cyclic amide) rings is 1. The number of nitrogens with zero attached hydrogens (tertiary/aromatic N) is 1. The second-order valence-electron chi connectivity index (χ2n) is 7.43. The molecular formula is C18H23N3O6S. The fourth-order valence-corrected chi connectivity index (χ4v) is 5.73. The van der Waals surface area contributed by atoms with Gasteiger partial charge in [0.1, 0.15) is 23.2 Å². The van der Waals surface area contributed by atoms with Crippen LogP contribution in [-0.2, 0) is 24.2 Å². The van der Waals surface area contributed by atoms with Gasteiger partial charge in [0.25, 0.3) is 0 Å². The average molecular weight is 409 g/mol. The summed E-state index contributed by atoms with van der Waals surface area (Å²) in [6, 6.07) is 4.68. The van der Waals surface area contributed by atoms with Crippen molar-refractivity contribution in [3.8, 4) is 5.75 Å². The van der Waals surface area contributed by atoms with Crippen molar-refractivity contribution in [1.29, 1.82) is 0 Å². The maximum atomic E-state index is 12.8. The Morgan fingerprint density at radius 3 is 2.54 bits per heavy atom. The molecule has 0 saturated carbocycles. The first-order chi connectivity index (χ1) is 13.0. The van der Waals surface area contributed by atoms with Crippen LogP contribution in [0.5, 0.6) is 5.75 Å². The van der Waals surface area contributed by atoms with Gasteiger partial charge in [-0.05, 0) is 32.9 Å². The van der Waals surface area contributed by atoms with E-state index in [1.54, 1.807) is 24.3 Å². The summed E-state index contributed by atoms with van der Waals surface area (Å²) in [6.45, 7) is 4.34. The van der Waals surface area contributed by atoms with Gasteiger partial charge in [0.15, 0.2) is 9.84 Å². The third kappa shape index (κ3) is 2.92. The molecule has 2 heterocycles. The van der Waals surface area contributed by atoms with Crippen molar-refractivity contribution in [1.82, 2.24) is 10.2 Å². The van der Waals surface area contributed by atoms with Crippen molar-refractivity contribution < 1.29 is 27.5 Å². The van der Waals surface area contributed by atoms with Gasteiger partial charge in [-0.1, -0.05) is 12.1 Å². The molecule has 3 rings (SSSR count). The number of rotatable bonds is 5. The van der Waals surface area contributed by atoms with E-state index in [2.05, 4.69) is 10.6 Å². The van der Waals surface area contributed by atoms with E-state index in [1.807, 2.05) is 0 Å². The fraction of sp³-hybridized carbons (Fsp3) is 0.500. The van der Waals surface area contributed by atoms with Gasteiger partial charge in [-0.2, -0.15) is 0 Å². The molecule has 10 heteroatoms. The van der Waals surface area contributed by atoms with Gasteiger partial charge in [0.2, 0.25) is 17.7 Å². The molecule has 0 spiro atoms. The van der Waals surface area contributed by atoms with Crippen molar-refractivity contribution >= 4 is 33.2 Å². The summed E-state index contributed by atoms with van der Waals surface area (Å²) in [5.74, 6) is -1.09. The molecule has 2 fully saturated rings. The molecule has 2 aliphatic rings. The number of para-hydroxylation sites is 2. The van der Waals surface area contributed by atoms with Crippen LogP contribution < -0.4 is 15.4 Å². The van der Waals surface area contributed by atoms with E-state index in [1.165, 1.54) is 27.9 Å². The van der Waals surface area contributed by atoms with Crippen molar-refractivity contribution in [3.63, 3.8) is 0 Å². The largest absolute Gasteiger partial charge is 0.495 e. The van der Waals surface area contributed by atoms with Crippen LogP contribution in [0.3, 0.4) is 0 Å². The number of carbonyl (C=O) groups is 3. The predicted octanol–water partition coefficient (Wildman–Crippen LogP) is 0.272. The molecular weight excluding hydrogens is 386 g/mol. The average Bonchev–Trinajstić information content (AvgIpc) is 2.75. The van der Waals surface area contributed by atoms with E-state index in [0.29, 0.717) is 11.4 Å². The zero-order valence-electron chi connectivity index (χ0n) is 16.1. The molecule has 3 unspecified atom stereocenters. The number of fused-ring (bicyclic) bond motifs is 1. The fourth-order valence-electron chi connectivity index (χ4n) is 3.60. The smallest absolute Gasteiger partial charge is 0.246 e. The summed E-state index contributed by atoms with van der Waals surface area (Å²) in [5.41, 5.74) is 0.442. The number of carbonyl (C=O) groups excluding carboxylic acids is 3. The number of ether oxygens (including phenoxy) is 1. The highest BCUT2D eigenvalue weighted by molar-refractivity contribution is 7.93. The zero-order chi connectivity index (χ0) is 20.9. The lowest BCUT2D eigenvalue weighted by Crippen LogP contribution is -2.61. The van der Waals surface area contributed by atoms with E-state index >= 15 is 0 Å². The van der Waals surface area contributed by atoms with Crippen molar-refractivity contribution in [2.45, 2.75) is 49.4 Å². The summed E-state index contributed by atoms with van der Waals surface area (Å²) in [6.07, 6.45) is -0.112. The number of benzene rings is 1. The molecule has 2 N–H and O–H groups in total. The molecule has 0 bridgehead atoms. The van der Waals surface area contributed by atoms with Gasteiger partial charge in [-0.3, -0.25) is 14.4 Å². The predicted molar refractivity (Wildman–Crippen MR) is 101 cm³/mol. The molecule has 2 aliphatic heterocycles. The summed E-state index contributed by atoms with van der Waals surface area (Å²) < 4.78 is 28.9. The van der Waals surface area contributed by atoms with E-state index in [0.717, 1.165) is 4.90 Å². The topological polar surface area (TPSA) is 122 Å². The van der Waals surface area contributed by atoms with Gasteiger partial charge in [0.05, 0.1) is 24.0 Å². The number of methoxy groups -OCH3 is 1. The minimum absolute atomic E-state index is 0.112. The first kappa shape index (κ1) is 20.1. The Bertz CT molecular complexity index is 942. The van der Waals surface area contributed by atoms with Gasteiger partial charge < -0.3 is 20.3 Å². The Morgan fingerprint density at radius 1 is 1.29 bits per heavy atom. The number of amides is 3. The van der Waals surface area contributed by atoms with Crippen LogP contribution in [0.2, 0.25) is 0 Å². The first-order valence-corrected chi connectivity index (χ1v) is 10.4. The van der Waals surface area contributed by atoms with Crippen LogP contribution in [0.25, 0.3) is 0 Å². The molecule has 28 heavy (non-hydrogen) atoms. The molecule has 0 radical (unpaired) electrons. The summed E-state index contributed by atoms with van der Waals surface area (Å²) in [4.78, 5) is 38.3. The van der Waals surface area contributed by atoms with Gasteiger partial charge in [-0.25, -0.2) is 8.42 Å². The van der Waals surface area contributed by atoms with Crippen molar-refractivity contribution in [2.24, 2.45) is 0 Å². The SMILES string of the molecule is COc1ccccc1NC(=O)C(C)NC(=O)C1N2C(=O)CC2S(=O)(=O)C1(C)C. The summed E-state index contributed by atoms with van der Waals surface area (Å²) in [7, 11) is -2.21. The lowest BCUT2D eigenvalue weighted by atomic mass is 9.97. The Morgan fingerprint density at radius 2 is 1.93 bits per heavy atom. The number of hydrogen-bond acceptors (Lipinski definition) is 6. The molecule has 2 saturated heterocycles. The lowest BCUT2D eigenvalue weighted by molar-refractivity contribution is -0.150. The van der Waals surface area contributed by atoms with Gasteiger partial charge >= 0.3 is 0 Å². The minimum Gasteiger partial charge on any atom is -0.495 e. The minimum atomic E-state index is -3.68. The van der Waals surface area contributed by atoms with Crippen LogP contribution in [0.15, 0.2) is 24.3 Å². The van der Waals surface area contributed by atoms with E-state index in [9.17, 15) is 22.8 Å². The van der Waals surface area contributed by atoms with Gasteiger partial charge in [0, 0.05) is 0 Å². The highest BCUT2D eigenvalue weighted by Gasteiger charge is 2.67. The maximum Gasteiger partial charge on any atom is 0.246 e. The Hall–Kier alpha value is -2.62. The van der Waals surface area contributed by atoms with Crippen LogP contribution in [0.1, 0.15) is 27.2 Å². The third-order valence-corrected chi connectivity index (χ3v) is 8.14. The Balaban J connectivity index is 1.73. The third-order valence-electron chi connectivity index (χ3n) is 5.34. The Kier molecular flexibility index (Phi) is 4.86. The second kappa shape index (κ2) is 6.77. The van der Waals surface area contributed by atoms with E-state index < -0.39 is 43.9 Å². The monoisotopic (exact) mass is 409 g/mol. The molecule has 3 amide bonds. The molecule has 152 valence electrons. The normalized spacial score (nSPS) is 25.3. The van der Waals surface area contributed by atoms with Gasteiger partial charge in [-0.15, -0.1) is 0 Å². The number of sulfone groups is 1. The van der Waals surface area contributed by atoms with Crippen LogP contribution in [0, 0.1) is 0 Å². The lowest BCUT2D eigenvalue weighted by Gasteiger charge is -2.37. The maximum absolute atomic E-state index is 12.8. The van der Waals surface area contributed by atoms with Crippen LogP contribution >= 0.6 is 0 Å². The zero-order valence-corrected chi connectivity index (χ0v) is 16.9. The number of anilines is 1. The first-order valence-electron chi connectivity index (χ1n) is 8.81. The van der Waals surface area contributed by atoms with Crippen molar-refractivity contribution in [2.75, 3.05) is 12.4 Å². The molecule has 1 aromatic carbocycles. The van der Waals surface area contributed by atoms with E-state index in [-0.39, 0.29) is 12.3 Å². The molecule has 0 aliphatic carbocycles. The summed E-state index contributed by atoms with van der Waals surface area (Å²) >= 11 is 0. The highest BCUT2D eigenvalue weighted by atomic mass is 32.2. The molecule has 3 atom stereocenters. The Labute approximate surface area is 163 Å². The van der Waals surface area contributed by atoms with Crippen LogP contribution in [-0.4, -0.2) is 60.4 Å².